The lowest BCUT2D eigenvalue weighted by molar-refractivity contribution is -0.137. The van der Waals surface area contributed by atoms with E-state index in [1.54, 1.807) is 6.92 Å². The lowest BCUT2D eigenvalue weighted by Gasteiger charge is -2.14. The third kappa shape index (κ3) is 5.14. The van der Waals surface area contributed by atoms with Gasteiger partial charge in [-0.2, -0.15) is 0 Å². The van der Waals surface area contributed by atoms with Gasteiger partial charge in [0, 0.05) is 6.54 Å². The second kappa shape index (κ2) is 7.98. The van der Waals surface area contributed by atoms with Gasteiger partial charge in [0.1, 0.15) is 5.75 Å². The minimum absolute atomic E-state index is 0.0921. The van der Waals surface area contributed by atoms with Crippen LogP contribution in [0.2, 0.25) is 0 Å². The first kappa shape index (κ1) is 16.5. The van der Waals surface area contributed by atoms with E-state index in [4.69, 9.17) is 9.84 Å². The molecular formula is C18H19NO4. The summed E-state index contributed by atoms with van der Waals surface area (Å²) in [4.78, 5) is 22.2. The maximum absolute atomic E-state index is 11.8. The van der Waals surface area contributed by atoms with Gasteiger partial charge < -0.3 is 15.2 Å². The van der Waals surface area contributed by atoms with E-state index in [-0.39, 0.29) is 18.9 Å². The standard InChI is InChI=1S/C18H19NO4/c1-13(18(22)19-12-11-17(20)21)23-16-9-7-15(8-10-16)14-5-3-2-4-6-14/h2-10,13H,11-12H2,1H3,(H,19,22)(H,20,21). The topological polar surface area (TPSA) is 75.6 Å². The van der Waals surface area contributed by atoms with Crippen LogP contribution in [0.4, 0.5) is 0 Å². The summed E-state index contributed by atoms with van der Waals surface area (Å²) < 4.78 is 5.57. The first-order chi connectivity index (χ1) is 11.1. The van der Waals surface area contributed by atoms with Crippen LogP contribution < -0.4 is 10.1 Å². The fraction of sp³-hybridized carbons (Fsp3) is 0.222. The highest BCUT2D eigenvalue weighted by Crippen LogP contribution is 2.22. The molecule has 0 radical (unpaired) electrons. The normalized spacial score (nSPS) is 11.5. The van der Waals surface area contributed by atoms with Gasteiger partial charge in [0.25, 0.3) is 5.91 Å². The molecule has 0 aliphatic rings. The molecule has 2 rings (SSSR count). The second-order valence-corrected chi connectivity index (χ2v) is 5.09. The summed E-state index contributed by atoms with van der Waals surface area (Å²) in [5.41, 5.74) is 2.18. The smallest absolute Gasteiger partial charge is 0.305 e. The molecule has 23 heavy (non-hydrogen) atoms. The zero-order chi connectivity index (χ0) is 16.7. The maximum Gasteiger partial charge on any atom is 0.305 e. The van der Waals surface area contributed by atoms with E-state index in [9.17, 15) is 9.59 Å². The van der Waals surface area contributed by atoms with Gasteiger partial charge in [0.15, 0.2) is 6.10 Å². The lowest BCUT2D eigenvalue weighted by Crippen LogP contribution is -2.37. The van der Waals surface area contributed by atoms with Gasteiger partial charge in [-0.25, -0.2) is 0 Å². The fourth-order valence-corrected chi connectivity index (χ4v) is 2.05. The average Bonchev–Trinajstić information content (AvgIpc) is 2.56. The number of hydrogen-bond donors (Lipinski definition) is 2. The molecule has 2 aromatic carbocycles. The van der Waals surface area contributed by atoms with Crippen LogP contribution in [0.1, 0.15) is 13.3 Å². The molecule has 0 fully saturated rings. The van der Waals surface area contributed by atoms with Crippen molar-refractivity contribution in [3.8, 4) is 16.9 Å². The van der Waals surface area contributed by atoms with Crippen LogP contribution in [0.3, 0.4) is 0 Å². The van der Waals surface area contributed by atoms with Gasteiger partial charge in [-0.15, -0.1) is 0 Å². The van der Waals surface area contributed by atoms with Gasteiger partial charge >= 0.3 is 5.97 Å². The molecule has 0 saturated heterocycles. The molecule has 0 aliphatic heterocycles. The number of carboxylic acid groups (broad SMARTS) is 1. The lowest BCUT2D eigenvalue weighted by atomic mass is 10.1. The molecule has 0 saturated carbocycles. The molecule has 120 valence electrons. The number of nitrogens with one attached hydrogen (secondary N) is 1. The third-order valence-electron chi connectivity index (χ3n) is 3.28. The van der Waals surface area contributed by atoms with E-state index < -0.39 is 12.1 Å². The van der Waals surface area contributed by atoms with E-state index in [0.29, 0.717) is 5.75 Å². The van der Waals surface area contributed by atoms with E-state index in [1.807, 2.05) is 54.6 Å². The fourth-order valence-electron chi connectivity index (χ4n) is 2.05. The Hall–Kier alpha value is -2.82. The average molecular weight is 313 g/mol. The zero-order valence-electron chi connectivity index (χ0n) is 12.9. The van der Waals surface area contributed by atoms with Crippen LogP contribution in [0.5, 0.6) is 5.75 Å². The molecule has 0 aliphatic carbocycles. The Labute approximate surface area is 134 Å². The molecule has 5 heteroatoms. The van der Waals surface area contributed by atoms with Crippen molar-refractivity contribution in [3.05, 3.63) is 54.6 Å². The molecule has 1 atom stereocenters. The number of carbonyl (C=O) groups is 2. The Kier molecular flexibility index (Phi) is 5.74. The minimum atomic E-state index is -0.949. The van der Waals surface area contributed by atoms with E-state index in [0.717, 1.165) is 11.1 Å². The highest BCUT2D eigenvalue weighted by molar-refractivity contribution is 5.81. The molecular weight excluding hydrogens is 294 g/mol. The Morgan fingerprint density at radius 2 is 1.65 bits per heavy atom. The monoisotopic (exact) mass is 313 g/mol. The van der Waals surface area contributed by atoms with Crippen molar-refractivity contribution in [2.24, 2.45) is 0 Å². The van der Waals surface area contributed by atoms with Crippen LogP contribution in [0, 0.1) is 0 Å². The third-order valence-corrected chi connectivity index (χ3v) is 3.28. The summed E-state index contributed by atoms with van der Waals surface area (Å²) in [5, 5.41) is 11.1. The quantitative estimate of drug-likeness (QED) is 0.824. The van der Waals surface area contributed by atoms with Crippen LogP contribution in [0.25, 0.3) is 11.1 Å². The van der Waals surface area contributed by atoms with E-state index >= 15 is 0 Å². The SMILES string of the molecule is CC(Oc1ccc(-c2ccccc2)cc1)C(=O)NCCC(=O)O. The molecule has 1 amide bonds. The zero-order valence-corrected chi connectivity index (χ0v) is 12.9. The first-order valence-electron chi connectivity index (χ1n) is 7.38. The highest BCUT2D eigenvalue weighted by Gasteiger charge is 2.14. The highest BCUT2D eigenvalue weighted by atomic mass is 16.5. The number of rotatable bonds is 7. The summed E-state index contributed by atoms with van der Waals surface area (Å²) >= 11 is 0. The van der Waals surface area contributed by atoms with Crippen molar-refractivity contribution < 1.29 is 19.4 Å². The summed E-state index contributed by atoms with van der Waals surface area (Å²) in [6.07, 6.45) is -0.795. The van der Waals surface area contributed by atoms with Gasteiger partial charge in [0.2, 0.25) is 0 Å². The predicted octanol–water partition coefficient (Wildman–Crippen LogP) is 2.71. The molecule has 1 unspecified atom stereocenters. The van der Waals surface area contributed by atoms with E-state index in [1.165, 1.54) is 0 Å². The number of amides is 1. The summed E-state index contributed by atoms with van der Waals surface area (Å²) in [5.74, 6) is -0.695. The van der Waals surface area contributed by atoms with Gasteiger partial charge in [-0.3, -0.25) is 9.59 Å². The molecule has 0 bridgehead atoms. The summed E-state index contributed by atoms with van der Waals surface area (Å²) in [6.45, 7) is 1.72. The Balaban J connectivity index is 1.90. The maximum atomic E-state index is 11.8. The summed E-state index contributed by atoms with van der Waals surface area (Å²) in [6, 6.07) is 17.4. The van der Waals surface area contributed by atoms with Gasteiger partial charge in [-0.1, -0.05) is 42.5 Å². The van der Waals surface area contributed by atoms with Gasteiger partial charge in [-0.05, 0) is 30.2 Å². The Morgan fingerprint density at radius 3 is 2.26 bits per heavy atom. The number of hydrogen-bond acceptors (Lipinski definition) is 3. The van der Waals surface area contributed by atoms with Gasteiger partial charge in [0.05, 0.1) is 6.42 Å². The predicted molar refractivity (Wildman–Crippen MR) is 87.2 cm³/mol. The van der Waals surface area contributed by atoms with Crippen molar-refractivity contribution >= 4 is 11.9 Å². The number of ether oxygens (including phenoxy) is 1. The Bertz CT molecular complexity index is 652. The van der Waals surface area contributed by atoms with Crippen LogP contribution >= 0.6 is 0 Å². The molecule has 2 aromatic rings. The molecule has 5 nitrogen and oxygen atoms in total. The minimum Gasteiger partial charge on any atom is -0.481 e. The van der Waals surface area contributed by atoms with Crippen molar-refractivity contribution in [3.63, 3.8) is 0 Å². The number of aliphatic carboxylic acids is 1. The molecule has 0 spiro atoms. The Morgan fingerprint density at radius 1 is 1.04 bits per heavy atom. The van der Waals surface area contributed by atoms with Crippen LogP contribution in [0.15, 0.2) is 54.6 Å². The van der Waals surface area contributed by atoms with E-state index in [2.05, 4.69) is 5.32 Å². The van der Waals surface area contributed by atoms with Crippen molar-refractivity contribution in [2.45, 2.75) is 19.4 Å². The van der Waals surface area contributed by atoms with Crippen LogP contribution in [-0.2, 0) is 9.59 Å². The van der Waals surface area contributed by atoms with Crippen molar-refractivity contribution in [1.82, 2.24) is 5.32 Å². The molecule has 0 heterocycles. The summed E-state index contributed by atoms with van der Waals surface area (Å²) in [7, 11) is 0. The molecule has 0 aromatic heterocycles. The van der Waals surface area contributed by atoms with Crippen LogP contribution in [-0.4, -0.2) is 29.6 Å². The largest absolute Gasteiger partial charge is 0.481 e. The van der Waals surface area contributed by atoms with Crippen molar-refractivity contribution in [2.75, 3.05) is 6.54 Å². The number of carbonyl (C=O) groups excluding carboxylic acids is 1. The first-order valence-corrected chi connectivity index (χ1v) is 7.38. The number of benzene rings is 2. The second-order valence-electron chi connectivity index (χ2n) is 5.09. The number of carboxylic acids is 1. The molecule has 2 N–H and O–H groups in total. The van der Waals surface area contributed by atoms with Crippen molar-refractivity contribution in [1.29, 1.82) is 0 Å².